The number of nitrogens with zero attached hydrogens (tertiary/aromatic N) is 3. The van der Waals surface area contributed by atoms with Crippen molar-refractivity contribution in [3.63, 3.8) is 0 Å². The Bertz CT molecular complexity index is 902. The van der Waals surface area contributed by atoms with Crippen molar-refractivity contribution in [1.29, 1.82) is 0 Å². The predicted molar refractivity (Wildman–Crippen MR) is 86.8 cm³/mol. The molecule has 5 heteroatoms. The lowest BCUT2D eigenvalue weighted by atomic mass is 10.0. The zero-order valence-corrected chi connectivity index (χ0v) is 12.8. The van der Waals surface area contributed by atoms with Crippen molar-refractivity contribution in [1.82, 2.24) is 14.5 Å². The molecular formula is C18H17N3O2. The number of fused-ring (bicyclic) bond motifs is 2. The van der Waals surface area contributed by atoms with E-state index in [0.29, 0.717) is 24.2 Å². The fraction of sp³-hybridized carbons (Fsp3) is 0.222. The number of hydrogen-bond donors (Lipinski definition) is 1. The first-order chi connectivity index (χ1) is 11.1. The van der Waals surface area contributed by atoms with Gasteiger partial charge < -0.3 is 14.6 Å². The third-order valence-electron chi connectivity index (χ3n) is 4.68. The minimum atomic E-state index is -1.31. The van der Waals surface area contributed by atoms with Gasteiger partial charge >= 0.3 is 0 Å². The van der Waals surface area contributed by atoms with E-state index < -0.39 is 5.72 Å². The molecule has 23 heavy (non-hydrogen) atoms. The van der Waals surface area contributed by atoms with Crippen LogP contribution in [0.1, 0.15) is 22.5 Å². The van der Waals surface area contributed by atoms with Gasteiger partial charge in [0.1, 0.15) is 0 Å². The molecule has 1 amide bonds. The summed E-state index contributed by atoms with van der Waals surface area (Å²) in [6.45, 7) is 0.654. The zero-order chi connectivity index (χ0) is 16.0. The van der Waals surface area contributed by atoms with Gasteiger partial charge in [-0.2, -0.15) is 0 Å². The molecule has 0 saturated carbocycles. The number of benzene rings is 2. The van der Waals surface area contributed by atoms with Crippen LogP contribution in [0.5, 0.6) is 0 Å². The van der Waals surface area contributed by atoms with Gasteiger partial charge in [-0.3, -0.25) is 4.79 Å². The molecule has 1 unspecified atom stereocenters. The van der Waals surface area contributed by atoms with E-state index in [-0.39, 0.29) is 5.91 Å². The lowest BCUT2D eigenvalue weighted by Gasteiger charge is -2.33. The molecule has 0 fully saturated rings. The van der Waals surface area contributed by atoms with Crippen LogP contribution in [0, 0.1) is 0 Å². The highest BCUT2D eigenvalue weighted by Crippen LogP contribution is 2.35. The number of rotatable bonds is 2. The SMILES string of the molecule is CN(C(=O)c1ccc2ccccc2c1)C1(O)CCn2cncc21. The molecule has 3 aromatic rings. The summed E-state index contributed by atoms with van der Waals surface area (Å²) in [5.74, 6) is -0.201. The number of carbonyl (C=O) groups is 1. The van der Waals surface area contributed by atoms with Gasteiger partial charge in [0, 0.05) is 25.6 Å². The molecule has 0 bridgehead atoms. The van der Waals surface area contributed by atoms with Crippen LogP contribution in [0.2, 0.25) is 0 Å². The van der Waals surface area contributed by atoms with Gasteiger partial charge in [-0.1, -0.05) is 30.3 Å². The summed E-state index contributed by atoms with van der Waals surface area (Å²) < 4.78 is 1.88. The highest BCUT2D eigenvalue weighted by molar-refractivity contribution is 5.98. The van der Waals surface area contributed by atoms with Crippen LogP contribution >= 0.6 is 0 Å². The van der Waals surface area contributed by atoms with Gasteiger partial charge in [0.15, 0.2) is 5.72 Å². The fourth-order valence-corrected chi connectivity index (χ4v) is 3.26. The summed E-state index contributed by atoms with van der Waals surface area (Å²) in [4.78, 5) is 18.3. The number of aliphatic hydroxyl groups is 1. The third-order valence-corrected chi connectivity index (χ3v) is 4.68. The molecule has 0 saturated heterocycles. The number of hydrogen-bond acceptors (Lipinski definition) is 3. The van der Waals surface area contributed by atoms with Gasteiger partial charge in [0.2, 0.25) is 0 Å². The number of imidazole rings is 1. The number of aryl methyl sites for hydroxylation is 1. The largest absolute Gasteiger partial charge is 0.365 e. The fourth-order valence-electron chi connectivity index (χ4n) is 3.26. The third kappa shape index (κ3) is 2.04. The van der Waals surface area contributed by atoms with E-state index in [1.807, 2.05) is 41.0 Å². The Morgan fingerprint density at radius 2 is 2.04 bits per heavy atom. The Balaban J connectivity index is 1.70. The molecule has 1 aliphatic heterocycles. The second-order valence-corrected chi connectivity index (χ2v) is 5.96. The topological polar surface area (TPSA) is 58.4 Å². The Hall–Kier alpha value is -2.66. The molecule has 1 aliphatic rings. The first-order valence-corrected chi connectivity index (χ1v) is 7.59. The maximum atomic E-state index is 12.8. The summed E-state index contributed by atoms with van der Waals surface area (Å²) in [6, 6.07) is 13.5. The molecule has 4 rings (SSSR count). The Kier molecular flexibility index (Phi) is 2.99. The van der Waals surface area contributed by atoms with E-state index in [0.717, 1.165) is 10.8 Å². The average Bonchev–Trinajstić information content (AvgIpc) is 3.18. The first-order valence-electron chi connectivity index (χ1n) is 7.59. The minimum Gasteiger partial charge on any atom is -0.365 e. The van der Waals surface area contributed by atoms with E-state index in [9.17, 15) is 9.90 Å². The van der Waals surface area contributed by atoms with Gasteiger partial charge in [0.05, 0.1) is 18.2 Å². The maximum absolute atomic E-state index is 12.8. The normalized spacial score (nSPS) is 19.7. The lowest BCUT2D eigenvalue weighted by Crippen LogP contribution is -2.45. The van der Waals surface area contributed by atoms with Crippen molar-refractivity contribution in [2.45, 2.75) is 18.7 Å². The van der Waals surface area contributed by atoms with Crippen LogP contribution < -0.4 is 0 Å². The number of carbonyl (C=O) groups excluding carboxylic acids is 1. The van der Waals surface area contributed by atoms with Gasteiger partial charge in [-0.05, 0) is 22.9 Å². The van der Waals surface area contributed by atoms with Gasteiger partial charge in [-0.25, -0.2) is 4.98 Å². The molecule has 0 spiro atoms. The highest BCUT2D eigenvalue weighted by Gasteiger charge is 2.43. The molecule has 0 aliphatic carbocycles. The van der Waals surface area contributed by atoms with Crippen molar-refractivity contribution in [3.05, 3.63) is 66.2 Å². The minimum absolute atomic E-state index is 0.201. The van der Waals surface area contributed by atoms with Crippen molar-refractivity contribution in [3.8, 4) is 0 Å². The van der Waals surface area contributed by atoms with Crippen LogP contribution in [0.4, 0.5) is 0 Å². The maximum Gasteiger partial charge on any atom is 0.256 e. The standard InChI is InChI=1S/C18H17N3O2/c1-20(18(23)8-9-21-12-19-11-16(18)21)17(22)15-7-6-13-4-2-3-5-14(13)10-15/h2-7,10-12,23H,8-9H2,1H3. The van der Waals surface area contributed by atoms with E-state index in [1.165, 1.54) is 4.90 Å². The monoisotopic (exact) mass is 307 g/mol. The van der Waals surface area contributed by atoms with Crippen LogP contribution in [0.3, 0.4) is 0 Å². The van der Waals surface area contributed by atoms with Crippen LogP contribution in [-0.4, -0.2) is 32.5 Å². The summed E-state index contributed by atoms with van der Waals surface area (Å²) >= 11 is 0. The van der Waals surface area contributed by atoms with Crippen LogP contribution in [0.25, 0.3) is 10.8 Å². The summed E-state index contributed by atoms with van der Waals surface area (Å²) in [5, 5.41) is 13.1. The Labute approximate surface area is 133 Å². The quantitative estimate of drug-likeness (QED) is 0.739. The van der Waals surface area contributed by atoms with E-state index in [1.54, 1.807) is 25.6 Å². The van der Waals surface area contributed by atoms with Crippen molar-refractivity contribution in [2.75, 3.05) is 7.05 Å². The molecule has 2 aromatic carbocycles. The summed E-state index contributed by atoms with van der Waals surface area (Å²) in [5.41, 5.74) is -0.0779. The molecule has 116 valence electrons. The van der Waals surface area contributed by atoms with E-state index >= 15 is 0 Å². The first kappa shape index (κ1) is 14.0. The molecule has 1 N–H and O–H groups in total. The van der Waals surface area contributed by atoms with Gasteiger partial charge in [-0.15, -0.1) is 0 Å². The lowest BCUT2D eigenvalue weighted by molar-refractivity contribution is -0.0808. The predicted octanol–water partition coefficient (Wildman–Crippen LogP) is 2.36. The average molecular weight is 307 g/mol. The summed E-state index contributed by atoms with van der Waals surface area (Å²) in [6.07, 6.45) is 3.78. The molecular weight excluding hydrogens is 290 g/mol. The molecule has 0 radical (unpaired) electrons. The molecule has 5 nitrogen and oxygen atoms in total. The number of aromatic nitrogens is 2. The second kappa shape index (κ2) is 4.93. The van der Waals surface area contributed by atoms with Crippen molar-refractivity contribution >= 4 is 16.7 Å². The summed E-state index contributed by atoms with van der Waals surface area (Å²) in [7, 11) is 1.64. The zero-order valence-electron chi connectivity index (χ0n) is 12.8. The Morgan fingerprint density at radius 3 is 2.87 bits per heavy atom. The van der Waals surface area contributed by atoms with Crippen LogP contribution in [0.15, 0.2) is 55.0 Å². The van der Waals surface area contributed by atoms with Crippen molar-refractivity contribution in [2.24, 2.45) is 0 Å². The van der Waals surface area contributed by atoms with Crippen LogP contribution in [-0.2, 0) is 12.3 Å². The number of amides is 1. The van der Waals surface area contributed by atoms with Crippen molar-refractivity contribution < 1.29 is 9.90 Å². The molecule has 2 heterocycles. The Morgan fingerprint density at radius 1 is 1.26 bits per heavy atom. The molecule has 1 aromatic heterocycles. The van der Waals surface area contributed by atoms with Gasteiger partial charge in [0.25, 0.3) is 5.91 Å². The molecule has 1 atom stereocenters. The smallest absolute Gasteiger partial charge is 0.256 e. The highest BCUT2D eigenvalue weighted by atomic mass is 16.3. The van der Waals surface area contributed by atoms with E-state index in [4.69, 9.17) is 0 Å². The second-order valence-electron chi connectivity index (χ2n) is 5.96. The van der Waals surface area contributed by atoms with E-state index in [2.05, 4.69) is 4.98 Å².